The molecule has 208 valence electrons. The quantitative estimate of drug-likeness (QED) is 0.626. The maximum Gasteiger partial charge on any atom is 0.408 e. The Balaban J connectivity index is 1.47. The highest BCUT2D eigenvalue weighted by atomic mass is 16.6. The summed E-state index contributed by atoms with van der Waals surface area (Å²) in [6.07, 6.45) is 4.52. The second kappa shape index (κ2) is 11.3. The van der Waals surface area contributed by atoms with Crippen molar-refractivity contribution in [1.29, 1.82) is 0 Å². The molecule has 2 aliphatic rings. The number of methoxy groups -OCH3 is 1. The van der Waals surface area contributed by atoms with E-state index >= 15 is 0 Å². The van der Waals surface area contributed by atoms with Gasteiger partial charge in [0.15, 0.2) is 0 Å². The minimum absolute atomic E-state index is 0.0580. The van der Waals surface area contributed by atoms with Gasteiger partial charge in [0.1, 0.15) is 23.1 Å². The van der Waals surface area contributed by atoms with Gasteiger partial charge >= 0.3 is 6.09 Å². The van der Waals surface area contributed by atoms with Crippen LogP contribution in [0.25, 0.3) is 10.9 Å². The maximum atomic E-state index is 13.8. The number of piperazine rings is 1. The molecule has 2 heterocycles. The number of nitrogens with one attached hydrogen (secondary N) is 1. The fourth-order valence-corrected chi connectivity index (χ4v) is 5.74. The number of ether oxygens (including phenoxy) is 2. The number of benzene rings is 1. The Hall–Kier alpha value is -3.23. The number of amides is 3. The molecule has 1 saturated carbocycles. The number of rotatable bonds is 5. The highest BCUT2D eigenvalue weighted by Crippen LogP contribution is 2.29. The second-order valence-corrected chi connectivity index (χ2v) is 11.7. The van der Waals surface area contributed by atoms with Gasteiger partial charge in [-0.15, -0.1) is 0 Å². The lowest BCUT2D eigenvalue weighted by Crippen LogP contribution is -2.61. The summed E-state index contributed by atoms with van der Waals surface area (Å²) >= 11 is 0. The lowest BCUT2D eigenvalue weighted by Gasteiger charge is -2.42. The third kappa shape index (κ3) is 6.08. The largest absolute Gasteiger partial charge is 0.497 e. The van der Waals surface area contributed by atoms with E-state index in [0.29, 0.717) is 25.3 Å². The molecule has 2 fully saturated rings. The van der Waals surface area contributed by atoms with Crippen LogP contribution in [0.2, 0.25) is 0 Å². The molecule has 1 aromatic carbocycles. The summed E-state index contributed by atoms with van der Waals surface area (Å²) in [6.45, 7) is 8.69. The molecule has 2 aromatic rings. The number of fused-ring (bicyclic) bond motifs is 1. The predicted molar refractivity (Wildman–Crippen MR) is 146 cm³/mol. The number of aryl methyl sites for hydroxylation is 1. The van der Waals surface area contributed by atoms with Crippen LogP contribution < -0.4 is 10.1 Å². The van der Waals surface area contributed by atoms with Gasteiger partial charge < -0.3 is 29.2 Å². The first kappa shape index (κ1) is 27.8. The fourth-order valence-electron chi connectivity index (χ4n) is 5.74. The number of hydrogen-bond acceptors (Lipinski definition) is 5. The average molecular weight is 527 g/mol. The molecular weight excluding hydrogens is 484 g/mol. The van der Waals surface area contributed by atoms with Crippen LogP contribution in [-0.2, 0) is 16.6 Å². The van der Waals surface area contributed by atoms with Crippen molar-refractivity contribution in [2.24, 2.45) is 13.0 Å². The number of carbonyl (C=O) groups is 3. The zero-order valence-electron chi connectivity index (χ0n) is 23.6. The smallest absolute Gasteiger partial charge is 0.408 e. The number of aromatic nitrogens is 1. The van der Waals surface area contributed by atoms with Gasteiger partial charge in [-0.2, -0.15) is 0 Å². The van der Waals surface area contributed by atoms with Crippen LogP contribution in [0, 0.1) is 5.92 Å². The van der Waals surface area contributed by atoms with Crippen molar-refractivity contribution in [3.63, 3.8) is 0 Å². The number of alkyl carbamates (subject to hydrolysis) is 1. The Bertz CT molecular complexity index is 1180. The van der Waals surface area contributed by atoms with Crippen molar-refractivity contribution in [3.8, 4) is 5.75 Å². The number of hydrogen-bond donors (Lipinski definition) is 1. The summed E-state index contributed by atoms with van der Waals surface area (Å²) in [7, 11) is 3.51. The Labute approximate surface area is 225 Å². The van der Waals surface area contributed by atoms with Gasteiger partial charge in [0.2, 0.25) is 5.91 Å². The SMILES string of the molecule is COc1ccc2cc(C(=O)N3CCN(C(=O)[C@@H](NC(=O)OC(C)(C)C)C4CCCCC4)C(C)C3)n(C)c2c1. The van der Waals surface area contributed by atoms with Gasteiger partial charge in [0.25, 0.3) is 5.91 Å². The van der Waals surface area contributed by atoms with E-state index in [4.69, 9.17) is 9.47 Å². The van der Waals surface area contributed by atoms with E-state index in [2.05, 4.69) is 5.32 Å². The average Bonchev–Trinajstić information content (AvgIpc) is 3.21. The highest BCUT2D eigenvalue weighted by molar-refractivity contribution is 5.99. The molecule has 1 unspecified atom stereocenters. The molecule has 38 heavy (non-hydrogen) atoms. The zero-order valence-corrected chi connectivity index (χ0v) is 23.6. The lowest BCUT2D eigenvalue weighted by molar-refractivity contribution is -0.139. The van der Waals surface area contributed by atoms with Crippen LogP contribution in [0.5, 0.6) is 5.75 Å². The summed E-state index contributed by atoms with van der Waals surface area (Å²) in [5.74, 6) is 0.686. The first-order chi connectivity index (χ1) is 18.0. The molecule has 3 amide bonds. The number of carbonyl (C=O) groups excluding carboxylic acids is 3. The zero-order chi connectivity index (χ0) is 27.6. The van der Waals surface area contributed by atoms with Crippen molar-refractivity contribution in [2.75, 3.05) is 26.7 Å². The van der Waals surface area contributed by atoms with E-state index in [1.54, 1.807) is 7.11 Å². The van der Waals surface area contributed by atoms with Crippen LogP contribution in [0.15, 0.2) is 24.3 Å². The lowest BCUT2D eigenvalue weighted by atomic mass is 9.83. The molecule has 1 saturated heterocycles. The fraction of sp³-hybridized carbons (Fsp3) is 0.621. The van der Waals surface area contributed by atoms with Gasteiger partial charge in [-0.1, -0.05) is 19.3 Å². The molecule has 4 rings (SSSR count). The molecule has 9 heteroatoms. The topological polar surface area (TPSA) is 93.1 Å². The summed E-state index contributed by atoms with van der Waals surface area (Å²) < 4.78 is 12.7. The Kier molecular flexibility index (Phi) is 8.23. The van der Waals surface area contributed by atoms with Crippen LogP contribution in [-0.4, -0.2) is 76.7 Å². The molecule has 9 nitrogen and oxygen atoms in total. The van der Waals surface area contributed by atoms with Gasteiger partial charge in [-0.05, 0) is 64.7 Å². The Morgan fingerprint density at radius 3 is 2.39 bits per heavy atom. The minimum Gasteiger partial charge on any atom is -0.497 e. The maximum absolute atomic E-state index is 13.8. The molecule has 0 radical (unpaired) electrons. The monoisotopic (exact) mass is 526 g/mol. The summed E-state index contributed by atoms with van der Waals surface area (Å²) in [5.41, 5.74) is 0.890. The summed E-state index contributed by atoms with van der Waals surface area (Å²) in [4.78, 5) is 43.6. The molecular formula is C29H42N4O5. The van der Waals surface area contributed by atoms with Crippen LogP contribution in [0.3, 0.4) is 0 Å². The summed E-state index contributed by atoms with van der Waals surface area (Å²) in [5, 5.41) is 3.88. The van der Waals surface area contributed by atoms with E-state index in [-0.39, 0.29) is 23.8 Å². The molecule has 1 N–H and O–H groups in total. The van der Waals surface area contributed by atoms with Crippen LogP contribution >= 0.6 is 0 Å². The normalized spacial score (nSPS) is 19.8. The standard InChI is InChI=1S/C29H42N4O5/c1-19-18-32(26(34)24-16-21-12-13-22(37-6)17-23(21)31(24)5)14-15-33(19)27(35)25(20-10-8-7-9-11-20)30-28(36)38-29(2,3)4/h12-13,16-17,19-20,25H,7-11,14-15,18H2,1-6H3,(H,30,36)/t19?,25-/m0/s1. The molecule has 1 aliphatic heterocycles. The van der Waals surface area contributed by atoms with E-state index in [1.807, 2.05) is 73.4 Å². The predicted octanol–water partition coefficient (Wildman–Crippen LogP) is 4.33. The molecule has 2 atom stereocenters. The van der Waals surface area contributed by atoms with Crippen molar-refractivity contribution in [2.45, 2.75) is 77.5 Å². The van der Waals surface area contributed by atoms with Gasteiger partial charge in [-0.25, -0.2) is 4.79 Å². The minimum atomic E-state index is -0.642. The van der Waals surface area contributed by atoms with Crippen molar-refractivity contribution < 1.29 is 23.9 Å². The first-order valence-electron chi connectivity index (χ1n) is 13.7. The van der Waals surface area contributed by atoms with Crippen LogP contribution in [0.1, 0.15) is 70.3 Å². The Morgan fingerprint density at radius 1 is 1.05 bits per heavy atom. The molecule has 1 aromatic heterocycles. The van der Waals surface area contributed by atoms with Crippen molar-refractivity contribution in [1.82, 2.24) is 19.7 Å². The van der Waals surface area contributed by atoms with Crippen molar-refractivity contribution >= 4 is 28.8 Å². The van der Waals surface area contributed by atoms with Gasteiger partial charge in [0.05, 0.1) is 12.6 Å². The van der Waals surface area contributed by atoms with E-state index < -0.39 is 17.7 Å². The highest BCUT2D eigenvalue weighted by Gasteiger charge is 2.39. The van der Waals surface area contributed by atoms with Crippen LogP contribution in [0.4, 0.5) is 4.79 Å². The van der Waals surface area contributed by atoms with E-state index in [9.17, 15) is 14.4 Å². The third-order valence-corrected chi connectivity index (χ3v) is 7.73. The van der Waals surface area contributed by atoms with E-state index in [0.717, 1.165) is 48.8 Å². The van der Waals surface area contributed by atoms with E-state index in [1.165, 1.54) is 0 Å². The first-order valence-corrected chi connectivity index (χ1v) is 13.7. The summed E-state index contributed by atoms with van der Waals surface area (Å²) in [6, 6.07) is 6.87. The van der Waals surface area contributed by atoms with Crippen molar-refractivity contribution in [3.05, 3.63) is 30.0 Å². The Morgan fingerprint density at radius 2 is 1.76 bits per heavy atom. The molecule has 1 aliphatic carbocycles. The third-order valence-electron chi connectivity index (χ3n) is 7.73. The second-order valence-electron chi connectivity index (χ2n) is 11.7. The number of nitrogens with zero attached hydrogens (tertiary/aromatic N) is 3. The molecule has 0 bridgehead atoms. The van der Waals surface area contributed by atoms with Gasteiger partial charge in [-0.3, -0.25) is 9.59 Å². The molecule has 0 spiro atoms. The van der Waals surface area contributed by atoms with Gasteiger partial charge in [0, 0.05) is 44.2 Å².